The Balaban J connectivity index is 1.57. The molecule has 0 aliphatic rings. The Morgan fingerprint density at radius 2 is 1.73 bits per heavy atom. The van der Waals surface area contributed by atoms with Crippen LogP contribution >= 0.6 is 0 Å². The fourth-order valence-corrected chi connectivity index (χ4v) is 3.53. The number of carbonyl (C=O) groups excluding carboxylic acids is 1. The van der Waals surface area contributed by atoms with Gasteiger partial charge in [0.1, 0.15) is 5.75 Å². The zero-order valence-electron chi connectivity index (χ0n) is 16.6. The highest BCUT2D eigenvalue weighted by atomic mass is 16.5. The van der Waals surface area contributed by atoms with Gasteiger partial charge in [-0.15, -0.1) is 0 Å². The van der Waals surface area contributed by atoms with Gasteiger partial charge in [0.25, 0.3) is 5.91 Å². The minimum Gasteiger partial charge on any atom is -0.495 e. The lowest BCUT2D eigenvalue weighted by Crippen LogP contribution is -2.23. The van der Waals surface area contributed by atoms with Gasteiger partial charge in [0.15, 0.2) is 0 Å². The predicted octanol–water partition coefficient (Wildman–Crippen LogP) is 5.32. The van der Waals surface area contributed by atoms with Crippen molar-refractivity contribution in [2.75, 3.05) is 7.11 Å². The first-order valence-corrected chi connectivity index (χ1v) is 9.63. The second kappa shape index (κ2) is 8.50. The first kappa shape index (κ1) is 19.2. The Bertz CT molecular complexity index is 1260. The van der Waals surface area contributed by atoms with Gasteiger partial charge in [-0.3, -0.25) is 4.79 Å². The largest absolute Gasteiger partial charge is 0.495 e. The van der Waals surface area contributed by atoms with E-state index >= 15 is 0 Å². The van der Waals surface area contributed by atoms with Crippen LogP contribution in [0.15, 0.2) is 84.9 Å². The number of carbonyl (C=O) groups is 1. The summed E-state index contributed by atoms with van der Waals surface area (Å²) in [6.07, 6.45) is 0. The van der Waals surface area contributed by atoms with Crippen molar-refractivity contribution in [3.05, 3.63) is 102 Å². The van der Waals surface area contributed by atoms with Crippen molar-refractivity contribution in [1.82, 2.24) is 5.32 Å². The first-order valence-electron chi connectivity index (χ1n) is 9.63. The third-order valence-electron chi connectivity index (χ3n) is 5.04. The Labute approximate surface area is 175 Å². The maximum Gasteiger partial charge on any atom is 0.255 e. The van der Waals surface area contributed by atoms with E-state index in [0.29, 0.717) is 23.4 Å². The molecule has 0 bridgehead atoms. The molecule has 0 aliphatic heterocycles. The van der Waals surface area contributed by atoms with Crippen LogP contribution in [-0.2, 0) is 6.54 Å². The van der Waals surface area contributed by atoms with Crippen molar-refractivity contribution in [3.63, 3.8) is 0 Å². The Morgan fingerprint density at radius 3 is 2.50 bits per heavy atom. The van der Waals surface area contributed by atoms with E-state index in [1.807, 2.05) is 72.8 Å². The van der Waals surface area contributed by atoms with Gasteiger partial charge < -0.3 is 10.1 Å². The van der Waals surface area contributed by atoms with Crippen molar-refractivity contribution < 1.29 is 9.53 Å². The van der Waals surface area contributed by atoms with E-state index in [9.17, 15) is 4.79 Å². The number of methoxy groups -OCH3 is 1. The maximum atomic E-state index is 12.9. The number of nitriles is 1. The first-order chi connectivity index (χ1) is 14.7. The average molecular weight is 392 g/mol. The van der Waals surface area contributed by atoms with Crippen LogP contribution < -0.4 is 10.1 Å². The lowest BCUT2D eigenvalue weighted by atomic mass is 10.0. The topological polar surface area (TPSA) is 62.1 Å². The summed E-state index contributed by atoms with van der Waals surface area (Å²) in [5, 5.41) is 14.1. The van der Waals surface area contributed by atoms with E-state index in [4.69, 9.17) is 10.00 Å². The van der Waals surface area contributed by atoms with E-state index in [-0.39, 0.29) is 5.91 Å². The highest BCUT2D eigenvalue weighted by molar-refractivity contribution is 5.99. The molecule has 0 aromatic heterocycles. The predicted molar refractivity (Wildman–Crippen MR) is 118 cm³/mol. The summed E-state index contributed by atoms with van der Waals surface area (Å²) in [6, 6.07) is 29.1. The number of ether oxygens (including phenoxy) is 1. The summed E-state index contributed by atoms with van der Waals surface area (Å²) in [7, 11) is 1.58. The SMILES string of the molecule is COc1c(C(=O)NCc2ccc3ccc(C#N)cc3c2)cccc1-c1ccccc1. The number of para-hydroxylation sites is 1. The van der Waals surface area contributed by atoms with Gasteiger partial charge in [0.2, 0.25) is 0 Å². The lowest BCUT2D eigenvalue weighted by molar-refractivity contribution is 0.0948. The molecule has 0 fully saturated rings. The number of nitrogens with zero attached hydrogens (tertiary/aromatic N) is 1. The van der Waals surface area contributed by atoms with Gasteiger partial charge in [-0.2, -0.15) is 5.26 Å². The van der Waals surface area contributed by atoms with Gasteiger partial charge >= 0.3 is 0 Å². The molecule has 4 heteroatoms. The molecular weight excluding hydrogens is 372 g/mol. The van der Waals surface area contributed by atoms with E-state index in [0.717, 1.165) is 27.5 Å². The standard InChI is InChI=1S/C26H20N2O2/c1-30-25-23(21-6-3-2-4-7-21)8-5-9-24(25)26(29)28-17-19-11-13-20-12-10-18(16-27)14-22(20)15-19/h2-15H,17H2,1H3,(H,28,29). The third kappa shape index (κ3) is 3.87. The molecule has 1 N–H and O–H groups in total. The molecule has 30 heavy (non-hydrogen) atoms. The van der Waals surface area contributed by atoms with Crippen LogP contribution in [-0.4, -0.2) is 13.0 Å². The van der Waals surface area contributed by atoms with Gasteiger partial charge in [0, 0.05) is 12.1 Å². The molecule has 4 aromatic rings. The lowest BCUT2D eigenvalue weighted by Gasteiger charge is -2.14. The van der Waals surface area contributed by atoms with Gasteiger partial charge in [-0.25, -0.2) is 0 Å². The summed E-state index contributed by atoms with van der Waals surface area (Å²) in [5.41, 5.74) is 3.94. The molecule has 0 saturated carbocycles. The summed E-state index contributed by atoms with van der Waals surface area (Å²) < 4.78 is 5.60. The molecule has 0 heterocycles. The number of hydrogen-bond donors (Lipinski definition) is 1. The second-order valence-corrected chi connectivity index (χ2v) is 6.94. The summed E-state index contributed by atoms with van der Waals surface area (Å²) in [6.45, 7) is 0.379. The molecule has 0 spiro atoms. The van der Waals surface area contributed by atoms with Crippen molar-refractivity contribution in [2.24, 2.45) is 0 Å². The Morgan fingerprint density at radius 1 is 0.933 bits per heavy atom. The molecule has 0 radical (unpaired) electrons. The number of fused-ring (bicyclic) bond motifs is 1. The Hall–Kier alpha value is -4.10. The van der Waals surface area contributed by atoms with Crippen LogP contribution in [0.25, 0.3) is 21.9 Å². The average Bonchev–Trinajstić information content (AvgIpc) is 2.81. The second-order valence-electron chi connectivity index (χ2n) is 6.94. The van der Waals surface area contributed by atoms with Crippen LogP contribution in [0.4, 0.5) is 0 Å². The van der Waals surface area contributed by atoms with Crippen LogP contribution in [0.5, 0.6) is 5.75 Å². The van der Waals surface area contributed by atoms with Gasteiger partial charge in [-0.1, -0.05) is 60.7 Å². The highest BCUT2D eigenvalue weighted by Gasteiger charge is 2.16. The number of hydrogen-bond acceptors (Lipinski definition) is 3. The van der Waals surface area contributed by atoms with Crippen molar-refractivity contribution >= 4 is 16.7 Å². The maximum absolute atomic E-state index is 12.9. The van der Waals surface area contributed by atoms with Crippen LogP contribution in [0.1, 0.15) is 21.5 Å². The Kier molecular flexibility index (Phi) is 5.45. The molecule has 1 amide bonds. The molecule has 4 rings (SSSR count). The molecule has 0 unspecified atom stereocenters. The fourth-order valence-electron chi connectivity index (χ4n) is 3.53. The number of nitrogens with one attached hydrogen (secondary N) is 1. The smallest absolute Gasteiger partial charge is 0.255 e. The van der Waals surface area contributed by atoms with Gasteiger partial charge in [-0.05, 0) is 46.2 Å². The summed E-state index contributed by atoms with van der Waals surface area (Å²) in [4.78, 5) is 12.9. The molecule has 0 atom stereocenters. The highest BCUT2D eigenvalue weighted by Crippen LogP contribution is 2.33. The molecular formula is C26H20N2O2. The zero-order chi connectivity index (χ0) is 20.9. The monoisotopic (exact) mass is 392 g/mol. The molecule has 4 aromatic carbocycles. The number of rotatable bonds is 5. The van der Waals surface area contributed by atoms with Crippen molar-refractivity contribution in [3.8, 4) is 22.9 Å². The minimum atomic E-state index is -0.199. The van der Waals surface area contributed by atoms with Crippen LogP contribution in [0.2, 0.25) is 0 Å². The van der Waals surface area contributed by atoms with Crippen molar-refractivity contribution in [1.29, 1.82) is 5.26 Å². The summed E-state index contributed by atoms with van der Waals surface area (Å²) in [5.74, 6) is 0.355. The fraction of sp³-hybridized carbons (Fsp3) is 0.0769. The molecule has 146 valence electrons. The normalized spacial score (nSPS) is 10.4. The number of amides is 1. The van der Waals surface area contributed by atoms with E-state index < -0.39 is 0 Å². The third-order valence-corrected chi connectivity index (χ3v) is 5.04. The minimum absolute atomic E-state index is 0.199. The molecule has 0 saturated heterocycles. The van der Waals surface area contributed by atoms with E-state index in [1.165, 1.54) is 0 Å². The van der Waals surface area contributed by atoms with Crippen LogP contribution in [0, 0.1) is 11.3 Å². The van der Waals surface area contributed by atoms with E-state index in [1.54, 1.807) is 19.2 Å². The van der Waals surface area contributed by atoms with Crippen molar-refractivity contribution in [2.45, 2.75) is 6.54 Å². The van der Waals surface area contributed by atoms with Crippen LogP contribution in [0.3, 0.4) is 0 Å². The number of benzene rings is 4. The van der Waals surface area contributed by atoms with Gasteiger partial charge in [0.05, 0.1) is 24.3 Å². The molecule has 0 aliphatic carbocycles. The quantitative estimate of drug-likeness (QED) is 0.500. The summed E-state index contributed by atoms with van der Waals surface area (Å²) >= 11 is 0. The zero-order valence-corrected chi connectivity index (χ0v) is 16.6. The van der Waals surface area contributed by atoms with E-state index in [2.05, 4.69) is 11.4 Å². The molecule has 4 nitrogen and oxygen atoms in total.